The molecule has 5 N–H and O–H groups in total. The molecule has 4 amide bonds. The van der Waals surface area contributed by atoms with Gasteiger partial charge in [0, 0.05) is 17.3 Å². The van der Waals surface area contributed by atoms with Gasteiger partial charge in [-0.05, 0) is 38.0 Å². The van der Waals surface area contributed by atoms with Crippen molar-refractivity contribution in [3.05, 3.63) is 29.8 Å². The summed E-state index contributed by atoms with van der Waals surface area (Å²) < 4.78 is 0. The van der Waals surface area contributed by atoms with E-state index in [1.165, 1.54) is 0 Å². The molecular weight excluding hydrogens is 296 g/mol. The molecule has 1 fully saturated rings. The molecule has 2 rings (SSSR count). The van der Waals surface area contributed by atoms with Crippen molar-refractivity contribution in [2.45, 2.75) is 44.7 Å². The highest BCUT2D eigenvalue weighted by molar-refractivity contribution is 5.98. The van der Waals surface area contributed by atoms with Crippen LogP contribution in [0.4, 0.5) is 10.5 Å². The average molecular weight is 318 g/mol. The lowest BCUT2D eigenvalue weighted by molar-refractivity contribution is -0.120. The van der Waals surface area contributed by atoms with Gasteiger partial charge < -0.3 is 16.4 Å². The highest BCUT2D eigenvalue weighted by Gasteiger charge is 2.20. The monoisotopic (exact) mass is 318 g/mol. The van der Waals surface area contributed by atoms with E-state index >= 15 is 0 Å². The van der Waals surface area contributed by atoms with Crippen LogP contribution in [0.25, 0.3) is 0 Å². The third-order valence-corrected chi connectivity index (χ3v) is 3.85. The minimum Gasteiger partial charge on any atom is -0.374 e. The van der Waals surface area contributed by atoms with Crippen LogP contribution < -0.4 is 21.7 Å². The first-order chi connectivity index (χ1) is 11.0. The van der Waals surface area contributed by atoms with E-state index in [-0.39, 0.29) is 6.04 Å². The topological polar surface area (TPSA) is 113 Å². The molecule has 23 heavy (non-hydrogen) atoms. The van der Waals surface area contributed by atoms with Gasteiger partial charge in [0.25, 0.3) is 0 Å². The van der Waals surface area contributed by atoms with Crippen molar-refractivity contribution < 1.29 is 14.4 Å². The van der Waals surface area contributed by atoms with E-state index in [1.54, 1.807) is 31.2 Å². The maximum Gasteiger partial charge on any atom is 0.321 e. The Bertz CT molecular complexity index is 597. The first kappa shape index (κ1) is 16.8. The summed E-state index contributed by atoms with van der Waals surface area (Å²) >= 11 is 0. The first-order valence-corrected chi connectivity index (χ1v) is 7.73. The second kappa shape index (κ2) is 7.62. The third-order valence-electron chi connectivity index (χ3n) is 3.85. The van der Waals surface area contributed by atoms with E-state index in [4.69, 9.17) is 5.73 Å². The zero-order valence-corrected chi connectivity index (χ0v) is 13.1. The van der Waals surface area contributed by atoms with E-state index in [0.29, 0.717) is 11.3 Å². The van der Waals surface area contributed by atoms with Gasteiger partial charge >= 0.3 is 6.03 Å². The van der Waals surface area contributed by atoms with Gasteiger partial charge in [-0.15, -0.1) is 0 Å². The molecule has 1 unspecified atom stereocenters. The molecular formula is C16H22N4O3. The predicted molar refractivity (Wildman–Crippen MR) is 87.0 cm³/mol. The normalized spacial score (nSPS) is 15.7. The molecule has 1 atom stereocenters. The van der Waals surface area contributed by atoms with E-state index in [2.05, 4.69) is 16.0 Å². The number of benzene rings is 1. The molecule has 1 aromatic rings. The fourth-order valence-electron chi connectivity index (χ4n) is 2.59. The number of amides is 4. The van der Waals surface area contributed by atoms with Crippen molar-refractivity contribution in [3.8, 4) is 0 Å². The molecule has 0 aliphatic heterocycles. The van der Waals surface area contributed by atoms with Crippen LogP contribution in [-0.2, 0) is 4.79 Å². The van der Waals surface area contributed by atoms with Crippen molar-refractivity contribution in [2.75, 3.05) is 5.32 Å². The Labute approximate surface area is 135 Å². The van der Waals surface area contributed by atoms with Gasteiger partial charge in [0.1, 0.15) is 6.04 Å². The Morgan fingerprint density at radius 2 is 1.91 bits per heavy atom. The highest BCUT2D eigenvalue weighted by atomic mass is 16.2. The van der Waals surface area contributed by atoms with Crippen LogP contribution in [0, 0.1) is 0 Å². The minimum atomic E-state index is -0.632. The van der Waals surface area contributed by atoms with Crippen molar-refractivity contribution >= 4 is 23.5 Å². The second-order valence-electron chi connectivity index (χ2n) is 5.76. The van der Waals surface area contributed by atoms with Crippen molar-refractivity contribution in [3.63, 3.8) is 0 Å². The number of imide groups is 1. The molecule has 1 saturated carbocycles. The van der Waals surface area contributed by atoms with Gasteiger partial charge in [0.15, 0.2) is 0 Å². The number of nitrogens with two attached hydrogens (primary N) is 1. The van der Waals surface area contributed by atoms with Crippen LogP contribution in [0.2, 0.25) is 0 Å². The van der Waals surface area contributed by atoms with Gasteiger partial charge in [-0.2, -0.15) is 0 Å². The quantitative estimate of drug-likeness (QED) is 0.656. The molecule has 0 spiro atoms. The number of hydrogen-bond acceptors (Lipinski definition) is 4. The number of hydrogen-bond donors (Lipinski definition) is 4. The van der Waals surface area contributed by atoms with Crippen LogP contribution in [0.1, 0.15) is 43.0 Å². The third kappa shape index (κ3) is 4.98. The summed E-state index contributed by atoms with van der Waals surface area (Å²) in [6.45, 7) is 1.63. The lowest BCUT2D eigenvalue weighted by Gasteiger charge is -2.17. The summed E-state index contributed by atoms with van der Waals surface area (Å²) in [5.74, 6) is -0.980. The average Bonchev–Trinajstić information content (AvgIpc) is 3.00. The number of anilines is 1. The molecule has 0 radical (unpaired) electrons. The number of nitrogens with one attached hydrogen (secondary N) is 3. The maximum atomic E-state index is 12.0. The summed E-state index contributed by atoms with van der Waals surface area (Å²) in [5, 5.41) is 8.05. The van der Waals surface area contributed by atoms with Gasteiger partial charge in [-0.25, -0.2) is 4.79 Å². The Balaban J connectivity index is 1.85. The van der Waals surface area contributed by atoms with Crippen LogP contribution in [0.3, 0.4) is 0 Å². The van der Waals surface area contributed by atoms with Gasteiger partial charge in [0.05, 0.1) is 0 Å². The minimum absolute atomic E-state index is 0.151. The number of carbonyl (C=O) groups is 3. The number of urea groups is 1. The molecule has 0 saturated heterocycles. The van der Waals surface area contributed by atoms with E-state index in [9.17, 15) is 14.4 Å². The smallest absolute Gasteiger partial charge is 0.321 e. The van der Waals surface area contributed by atoms with Gasteiger partial charge in [-0.3, -0.25) is 14.9 Å². The van der Waals surface area contributed by atoms with Gasteiger partial charge in [-0.1, -0.05) is 18.9 Å². The maximum absolute atomic E-state index is 12.0. The molecule has 0 heterocycles. The first-order valence-electron chi connectivity index (χ1n) is 7.73. The van der Waals surface area contributed by atoms with Crippen molar-refractivity contribution in [1.29, 1.82) is 0 Å². The highest BCUT2D eigenvalue weighted by Crippen LogP contribution is 2.17. The molecule has 0 aromatic heterocycles. The molecule has 1 aliphatic carbocycles. The van der Waals surface area contributed by atoms with Crippen LogP contribution in [-0.4, -0.2) is 29.9 Å². The van der Waals surface area contributed by atoms with Crippen molar-refractivity contribution in [2.24, 2.45) is 5.73 Å². The molecule has 0 bridgehead atoms. The zero-order valence-electron chi connectivity index (χ0n) is 13.1. The van der Waals surface area contributed by atoms with Crippen LogP contribution in [0.5, 0.6) is 0 Å². The lowest BCUT2D eigenvalue weighted by atomic mass is 10.2. The Kier molecular flexibility index (Phi) is 5.56. The fraction of sp³-hybridized carbons (Fsp3) is 0.438. The Hall–Kier alpha value is -2.57. The lowest BCUT2D eigenvalue weighted by Crippen LogP contribution is -2.48. The molecule has 7 nitrogen and oxygen atoms in total. The number of rotatable bonds is 5. The van der Waals surface area contributed by atoms with Gasteiger partial charge in [0.2, 0.25) is 11.8 Å². The SMILES string of the molecule is CC(Nc1cccc(C(N)=O)c1)C(=O)NC(=O)NC1CCCC1. The fourth-order valence-corrected chi connectivity index (χ4v) is 2.59. The second-order valence-corrected chi connectivity index (χ2v) is 5.76. The summed E-state index contributed by atoms with van der Waals surface area (Å²) in [7, 11) is 0. The van der Waals surface area contributed by atoms with E-state index in [1.807, 2.05) is 0 Å². The Morgan fingerprint density at radius 1 is 1.22 bits per heavy atom. The van der Waals surface area contributed by atoms with Crippen LogP contribution in [0.15, 0.2) is 24.3 Å². The molecule has 1 aromatic carbocycles. The molecule has 7 heteroatoms. The summed E-state index contributed by atoms with van der Waals surface area (Å²) in [5.41, 5.74) is 6.15. The summed E-state index contributed by atoms with van der Waals surface area (Å²) in [6.07, 6.45) is 4.12. The number of carbonyl (C=O) groups excluding carboxylic acids is 3. The van der Waals surface area contributed by atoms with Crippen molar-refractivity contribution in [1.82, 2.24) is 10.6 Å². The summed E-state index contributed by atoms with van der Waals surface area (Å²) in [4.78, 5) is 34.9. The standard InChI is InChI=1S/C16H22N4O3/c1-10(18-13-8-4-5-11(9-13)14(17)21)15(22)20-16(23)19-12-6-2-3-7-12/h4-5,8-10,12,18H,2-3,6-7H2,1H3,(H2,17,21)(H2,19,20,22,23). The van der Waals surface area contributed by atoms with Crippen LogP contribution >= 0.6 is 0 Å². The molecule has 1 aliphatic rings. The number of primary amides is 1. The Morgan fingerprint density at radius 3 is 2.57 bits per heavy atom. The largest absolute Gasteiger partial charge is 0.374 e. The summed E-state index contributed by atoms with van der Waals surface area (Å²) in [6, 6.07) is 5.58. The molecule has 124 valence electrons. The zero-order chi connectivity index (χ0) is 16.8. The van der Waals surface area contributed by atoms with E-state index in [0.717, 1.165) is 25.7 Å². The predicted octanol–water partition coefficient (Wildman–Crippen LogP) is 1.35. The van der Waals surface area contributed by atoms with E-state index < -0.39 is 23.9 Å².